The van der Waals surface area contributed by atoms with Crippen molar-refractivity contribution < 1.29 is 0 Å². The van der Waals surface area contributed by atoms with Crippen molar-refractivity contribution in [3.05, 3.63) is 50.7 Å². The first kappa shape index (κ1) is 13.6. The van der Waals surface area contributed by atoms with Gasteiger partial charge in [0.1, 0.15) is 0 Å². The summed E-state index contributed by atoms with van der Waals surface area (Å²) in [5.74, 6) is 0. The maximum absolute atomic E-state index is 6.32. The molecule has 0 amide bonds. The largest absolute Gasteiger partial charge is 0.308 e. The van der Waals surface area contributed by atoms with Gasteiger partial charge in [0, 0.05) is 16.5 Å². The summed E-state index contributed by atoms with van der Waals surface area (Å²) >= 11 is 9.75. The van der Waals surface area contributed by atoms with E-state index in [4.69, 9.17) is 11.6 Å². The van der Waals surface area contributed by atoms with E-state index < -0.39 is 0 Å². The molecular formula is C13H15BrClN3. The van der Waals surface area contributed by atoms with Crippen LogP contribution in [0.25, 0.3) is 0 Å². The Balaban J connectivity index is 2.52. The lowest BCUT2D eigenvalue weighted by Crippen LogP contribution is -2.21. The van der Waals surface area contributed by atoms with Gasteiger partial charge in [-0.25, -0.2) is 0 Å². The van der Waals surface area contributed by atoms with E-state index in [0.717, 1.165) is 26.3 Å². The highest BCUT2D eigenvalue weighted by Gasteiger charge is 2.20. The minimum absolute atomic E-state index is 0.0399. The Kier molecular flexibility index (Phi) is 4.10. The van der Waals surface area contributed by atoms with E-state index in [1.165, 1.54) is 0 Å². The van der Waals surface area contributed by atoms with Gasteiger partial charge >= 0.3 is 0 Å². The summed E-state index contributed by atoms with van der Waals surface area (Å²) in [6, 6.07) is 5.97. The average molecular weight is 329 g/mol. The molecule has 1 atom stereocenters. The molecule has 18 heavy (non-hydrogen) atoms. The zero-order chi connectivity index (χ0) is 13.3. The van der Waals surface area contributed by atoms with Crippen LogP contribution in [0.3, 0.4) is 0 Å². The van der Waals surface area contributed by atoms with Crippen molar-refractivity contribution >= 4 is 27.5 Å². The lowest BCUT2D eigenvalue weighted by Gasteiger charge is -2.19. The lowest BCUT2D eigenvalue weighted by molar-refractivity contribution is 0.603. The van der Waals surface area contributed by atoms with Gasteiger partial charge in [-0.15, -0.1) is 0 Å². The quantitative estimate of drug-likeness (QED) is 0.935. The summed E-state index contributed by atoms with van der Waals surface area (Å²) in [5.41, 5.74) is 3.33. The van der Waals surface area contributed by atoms with Crippen LogP contribution in [-0.2, 0) is 7.05 Å². The van der Waals surface area contributed by atoms with Crippen LogP contribution in [0.1, 0.15) is 22.9 Å². The predicted molar refractivity (Wildman–Crippen MR) is 78.0 cm³/mol. The zero-order valence-electron chi connectivity index (χ0n) is 10.5. The summed E-state index contributed by atoms with van der Waals surface area (Å²) < 4.78 is 2.86. The number of aromatic nitrogens is 2. The second kappa shape index (κ2) is 5.43. The van der Waals surface area contributed by atoms with E-state index in [1.54, 1.807) is 0 Å². The number of halogens is 2. The van der Waals surface area contributed by atoms with Gasteiger partial charge < -0.3 is 5.32 Å². The van der Waals surface area contributed by atoms with Gasteiger partial charge in [-0.3, -0.25) is 4.68 Å². The Labute approximate surface area is 120 Å². The molecule has 0 aliphatic rings. The van der Waals surface area contributed by atoms with E-state index in [9.17, 15) is 0 Å². The SMILES string of the molecule is CNC(c1ccc(Br)cc1Cl)c1c(C)cnn1C. The zero-order valence-corrected chi connectivity index (χ0v) is 12.9. The minimum atomic E-state index is 0.0399. The second-order valence-electron chi connectivity index (χ2n) is 4.22. The van der Waals surface area contributed by atoms with Crippen LogP contribution in [0.2, 0.25) is 5.02 Å². The molecule has 1 aromatic heterocycles. The maximum Gasteiger partial charge on any atom is 0.0762 e. The molecule has 0 aliphatic heterocycles. The van der Waals surface area contributed by atoms with Crippen LogP contribution in [0.15, 0.2) is 28.9 Å². The minimum Gasteiger partial charge on any atom is -0.308 e. The second-order valence-corrected chi connectivity index (χ2v) is 5.55. The van der Waals surface area contributed by atoms with Crippen LogP contribution < -0.4 is 5.32 Å². The molecule has 1 heterocycles. The molecule has 0 fully saturated rings. The topological polar surface area (TPSA) is 29.9 Å². The Morgan fingerprint density at radius 3 is 2.67 bits per heavy atom. The number of aryl methyl sites for hydroxylation is 2. The Morgan fingerprint density at radius 2 is 2.17 bits per heavy atom. The lowest BCUT2D eigenvalue weighted by atomic mass is 10.0. The van der Waals surface area contributed by atoms with Gasteiger partial charge in [-0.1, -0.05) is 33.6 Å². The first-order valence-corrected chi connectivity index (χ1v) is 6.82. The molecule has 0 saturated carbocycles. The third kappa shape index (κ3) is 2.46. The highest BCUT2D eigenvalue weighted by atomic mass is 79.9. The van der Waals surface area contributed by atoms with Crippen LogP contribution in [0, 0.1) is 6.92 Å². The highest BCUT2D eigenvalue weighted by molar-refractivity contribution is 9.10. The molecule has 0 saturated heterocycles. The average Bonchev–Trinajstić information content (AvgIpc) is 2.64. The van der Waals surface area contributed by atoms with E-state index in [0.29, 0.717) is 0 Å². The third-order valence-corrected chi connectivity index (χ3v) is 3.83. The predicted octanol–water partition coefficient (Wildman–Crippen LogP) is 3.45. The first-order chi connectivity index (χ1) is 8.54. The van der Waals surface area contributed by atoms with E-state index in [2.05, 4.69) is 33.3 Å². The number of rotatable bonds is 3. The summed E-state index contributed by atoms with van der Waals surface area (Å²) in [6.07, 6.45) is 1.87. The van der Waals surface area contributed by atoms with Gasteiger partial charge in [-0.2, -0.15) is 5.10 Å². The molecule has 2 rings (SSSR count). The third-order valence-electron chi connectivity index (χ3n) is 3.01. The van der Waals surface area contributed by atoms with Crippen molar-refractivity contribution in [1.82, 2.24) is 15.1 Å². The summed E-state index contributed by atoms with van der Waals surface area (Å²) in [7, 11) is 3.87. The van der Waals surface area contributed by atoms with Crippen LogP contribution >= 0.6 is 27.5 Å². The molecule has 0 bridgehead atoms. The molecule has 3 nitrogen and oxygen atoms in total. The van der Waals surface area contributed by atoms with E-state index >= 15 is 0 Å². The molecule has 1 aromatic carbocycles. The molecule has 2 aromatic rings. The standard InChI is InChI=1S/C13H15BrClN3/c1-8-7-17-18(3)13(8)12(16-2)10-5-4-9(14)6-11(10)15/h4-7,12,16H,1-3H3. The first-order valence-electron chi connectivity index (χ1n) is 5.65. The molecule has 1 unspecified atom stereocenters. The van der Waals surface area contributed by atoms with Gasteiger partial charge in [-0.05, 0) is 37.2 Å². The number of hydrogen-bond donors (Lipinski definition) is 1. The van der Waals surface area contributed by atoms with Crippen molar-refractivity contribution in [2.75, 3.05) is 7.05 Å². The maximum atomic E-state index is 6.32. The van der Waals surface area contributed by atoms with Gasteiger partial charge in [0.25, 0.3) is 0 Å². The molecular weight excluding hydrogens is 314 g/mol. The van der Waals surface area contributed by atoms with Gasteiger partial charge in [0.15, 0.2) is 0 Å². The smallest absolute Gasteiger partial charge is 0.0762 e. The summed E-state index contributed by atoms with van der Waals surface area (Å²) in [5, 5.41) is 8.32. The molecule has 96 valence electrons. The van der Waals surface area contributed by atoms with E-state index in [-0.39, 0.29) is 6.04 Å². The molecule has 5 heteroatoms. The fraction of sp³-hybridized carbons (Fsp3) is 0.308. The fourth-order valence-corrected chi connectivity index (χ4v) is 2.93. The number of hydrogen-bond acceptors (Lipinski definition) is 2. The molecule has 0 aliphatic carbocycles. The molecule has 1 N–H and O–H groups in total. The molecule has 0 spiro atoms. The number of benzene rings is 1. The summed E-state index contributed by atoms with van der Waals surface area (Å²) in [4.78, 5) is 0. The van der Waals surface area contributed by atoms with Crippen LogP contribution in [0.4, 0.5) is 0 Å². The Bertz CT molecular complexity index is 546. The van der Waals surface area contributed by atoms with Crippen molar-refractivity contribution in [3.63, 3.8) is 0 Å². The molecule has 0 radical (unpaired) electrons. The van der Waals surface area contributed by atoms with Crippen LogP contribution in [-0.4, -0.2) is 16.8 Å². The fourth-order valence-electron chi connectivity index (χ4n) is 2.15. The van der Waals surface area contributed by atoms with Crippen molar-refractivity contribution in [1.29, 1.82) is 0 Å². The Morgan fingerprint density at radius 1 is 1.44 bits per heavy atom. The Hall–Kier alpha value is -0.840. The van der Waals surface area contributed by atoms with Crippen molar-refractivity contribution in [2.24, 2.45) is 7.05 Å². The summed E-state index contributed by atoms with van der Waals surface area (Å²) in [6.45, 7) is 2.05. The van der Waals surface area contributed by atoms with Crippen LogP contribution in [0.5, 0.6) is 0 Å². The normalized spacial score (nSPS) is 12.7. The van der Waals surface area contributed by atoms with E-state index in [1.807, 2.05) is 43.2 Å². The van der Waals surface area contributed by atoms with Gasteiger partial charge in [0.05, 0.1) is 17.9 Å². The van der Waals surface area contributed by atoms with Crippen molar-refractivity contribution in [2.45, 2.75) is 13.0 Å². The monoisotopic (exact) mass is 327 g/mol. The number of nitrogens with one attached hydrogen (secondary N) is 1. The van der Waals surface area contributed by atoms with Gasteiger partial charge in [0.2, 0.25) is 0 Å². The highest BCUT2D eigenvalue weighted by Crippen LogP contribution is 2.31. The number of nitrogens with zero attached hydrogens (tertiary/aromatic N) is 2. The van der Waals surface area contributed by atoms with Crippen molar-refractivity contribution in [3.8, 4) is 0 Å².